The highest BCUT2D eigenvalue weighted by atomic mass is 16.7. The molecule has 0 radical (unpaired) electrons. The Labute approximate surface area is 81.8 Å². The zero-order valence-corrected chi connectivity index (χ0v) is 8.08. The minimum absolute atomic E-state index is 0.417. The van der Waals surface area contributed by atoms with E-state index in [1.807, 2.05) is 0 Å². The van der Waals surface area contributed by atoms with Crippen molar-refractivity contribution in [2.75, 3.05) is 20.8 Å². The van der Waals surface area contributed by atoms with E-state index in [0.29, 0.717) is 12.6 Å². The smallest absolute Gasteiger partial charge is 0.214 e. The van der Waals surface area contributed by atoms with Crippen molar-refractivity contribution in [3.8, 4) is 0 Å². The van der Waals surface area contributed by atoms with Crippen molar-refractivity contribution in [1.82, 2.24) is 0 Å². The van der Waals surface area contributed by atoms with Crippen LogP contribution in [0.5, 0.6) is 0 Å². The summed E-state index contributed by atoms with van der Waals surface area (Å²) in [6.07, 6.45) is -2.03. The van der Waals surface area contributed by atoms with Gasteiger partial charge in [0, 0.05) is 14.2 Å². The van der Waals surface area contributed by atoms with Crippen LogP contribution in [0.4, 0.5) is 0 Å². The highest BCUT2D eigenvalue weighted by Gasteiger charge is 2.24. The second kappa shape index (κ2) is 7.57. The van der Waals surface area contributed by atoms with Gasteiger partial charge in [0.1, 0.15) is 12.2 Å². The van der Waals surface area contributed by atoms with E-state index in [1.165, 1.54) is 14.2 Å². The molecule has 0 saturated carbocycles. The predicted molar refractivity (Wildman–Crippen MR) is 45.7 cm³/mol. The Morgan fingerprint density at radius 1 is 1.21 bits per heavy atom. The van der Waals surface area contributed by atoms with Crippen LogP contribution in [-0.4, -0.2) is 57.0 Å². The number of aldehydes is 2. The largest absolute Gasteiger partial charge is 0.394 e. The predicted octanol–water partition coefficient (Wildman–Crippen LogP) is -1.25. The van der Waals surface area contributed by atoms with Crippen molar-refractivity contribution in [3.05, 3.63) is 0 Å². The first kappa shape index (κ1) is 13.2. The van der Waals surface area contributed by atoms with Gasteiger partial charge in [-0.05, 0) is 0 Å². The molecule has 1 N–H and O–H groups in total. The molecule has 0 aliphatic rings. The molecular formula is C8H14O6. The third-order valence-corrected chi connectivity index (χ3v) is 1.60. The Bertz CT molecular complexity index is 171. The topological polar surface area (TPSA) is 82.1 Å². The van der Waals surface area contributed by atoms with Gasteiger partial charge in [-0.2, -0.15) is 0 Å². The Morgan fingerprint density at radius 3 is 2.14 bits per heavy atom. The number of carbonyl (C=O) groups excluding carboxylic acids is 2. The first-order valence-corrected chi connectivity index (χ1v) is 3.96. The molecule has 6 nitrogen and oxygen atoms in total. The lowest BCUT2D eigenvalue weighted by molar-refractivity contribution is -0.187. The lowest BCUT2D eigenvalue weighted by Gasteiger charge is -2.22. The average Bonchev–Trinajstić information content (AvgIpc) is 2.24. The van der Waals surface area contributed by atoms with Crippen LogP contribution in [0, 0.1) is 0 Å². The SMILES string of the molecule is COC(C=O)[C@@H](CO)O[C@H](C=O)OC. The maximum absolute atomic E-state index is 10.4. The fourth-order valence-electron chi connectivity index (χ4n) is 0.835. The van der Waals surface area contributed by atoms with Crippen LogP contribution in [0.3, 0.4) is 0 Å². The number of hydrogen-bond donors (Lipinski definition) is 1. The van der Waals surface area contributed by atoms with Gasteiger partial charge in [-0.3, -0.25) is 4.79 Å². The molecule has 6 heteroatoms. The summed E-state index contributed by atoms with van der Waals surface area (Å²) < 4.78 is 14.3. The van der Waals surface area contributed by atoms with Gasteiger partial charge in [0.15, 0.2) is 12.6 Å². The summed E-state index contributed by atoms with van der Waals surface area (Å²) in [6.45, 7) is -0.440. The number of aliphatic hydroxyl groups excluding tert-OH is 1. The summed E-state index contributed by atoms with van der Waals surface area (Å²) in [5, 5.41) is 8.86. The van der Waals surface area contributed by atoms with E-state index in [9.17, 15) is 9.59 Å². The second-order valence-corrected chi connectivity index (χ2v) is 2.43. The van der Waals surface area contributed by atoms with Crippen molar-refractivity contribution in [2.45, 2.75) is 18.5 Å². The number of hydrogen-bond acceptors (Lipinski definition) is 6. The number of aliphatic hydroxyl groups is 1. The summed E-state index contributed by atoms with van der Waals surface area (Å²) in [5.41, 5.74) is 0. The van der Waals surface area contributed by atoms with Crippen LogP contribution in [0.2, 0.25) is 0 Å². The van der Waals surface area contributed by atoms with E-state index < -0.39 is 25.1 Å². The van der Waals surface area contributed by atoms with Crippen LogP contribution in [-0.2, 0) is 23.8 Å². The molecule has 0 fully saturated rings. The summed E-state index contributed by atoms with van der Waals surface area (Å²) in [4.78, 5) is 20.8. The lowest BCUT2D eigenvalue weighted by atomic mass is 10.2. The summed E-state index contributed by atoms with van der Waals surface area (Å²) >= 11 is 0. The molecule has 0 saturated heterocycles. The van der Waals surface area contributed by atoms with Crippen molar-refractivity contribution in [3.63, 3.8) is 0 Å². The molecule has 0 aliphatic carbocycles. The van der Waals surface area contributed by atoms with Crippen molar-refractivity contribution < 1.29 is 28.9 Å². The van der Waals surface area contributed by atoms with Gasteiger partial charge < -0.3 is 24.1 Å². The minimum atomic E-state index is -1.11. The van der Waals surface area contributed by atoms with E-state index in [-0.39, 0.29) is 0 Å². The molecule has 0 bridgehead atoms. The van der Waals surface area contributed by atoms with Crippen molar-refractivity contribution in [1.29, 1.82) is 0 Å². The van der Waals surface area contributed by atoms with Gasteiger partial charge in [0.2, 0.25) is 6.29 Å². The molecule has 0 aromatic rings. The van der Waals surface area contributed by atoms with Gasteiger partial charge in [-0.15, -0.1) is 0 Å². The molecule has 0 aromatic carbocycles. The highest BCUT2D eigenvalue weighted by molar-refractivity contribution is 5.57. The van der Waals surface area contributed by atoms with Gasteiger partial charge in [-0.25, -0.2) is 0 Å². The zero-order valence-electron chi connectivity index (χ0n) is 8.08. The maximum Gasteiger partial charge on any atom is 0.214 e. The number of methoxy groups -OCH3 is 2. The van der Waals surface area contributed by atoms with Gasteiger partial charge in [0.05, 0.1) is 6.61 Å². The Balaban J connectivity index is 4.24. The third-order valence-electron chi connectivity index (χ3n) is 1.60. The van der Waals surface area contributed by atoms with Crippen LogP contribution in [0.15, 0.2) is 0 Å². The fourth-order valence-corrected chi connectivity index (χ4v) is 0.835. The molecule has 0 aromatic heterocycles. The van der Waals surface area contributed by atoms with Crippen LogP contribution in [0.25, 0.3) is 0 Å². The van der Waals surface area contributed by atoms with Crippen LogP contribution < -0.4 is 0 Å². The molecule has 0 spiro atoms. The first-order chi connectivity index (χ1) is 6.73. The third kappa shape index (κ3) is 3.93. The molecule has 3 atom stereocenters. The van der Waals surface area contributed by atoms with Crippen molar-refractivity contribution in [2.24, 2.45) is 0 Å². The molecule has 0 rings (SSSR count). The van der Waals surface area contributed by atoms with E-state index in [1.54, 1.807) is 0 Å². The summed E-state index contributed by atoms with van der Waals surface area (Å²) in [6, 6.07) is 0. The van der Waals surface area contributed by atoms with E-state index in [4.69, 9.17) is 14.6 Å². The minimum Gasteiger partial charge on any atom is -0.394 e. The lowest BCUT2D eigenvalue weighted by Crippen LogP contribution is -2.39. The highest BCUT2D eigenvalue weighted by Crippen LogP contribution is 2.04. The molecule has 0 aliphatic heterocycles. The monoisotopic (exact) mass is 206 g/mol. The average molecular weight is 206 g/mol. The Hall–Kier alpha value is -0.820. The van der Waals surface area contributed by atoms with Gasteiger partial charge in [0.25, 0.3) is 0 Å². The Morgan fingerprint density at radius 2 is 1.86 bits per heavy atom. The fraction of sp³-hybridized carbons (Fsp3) is 0.750. The standard InChI is InChI=1S/C8H14O6/c1-12-6(3-9)7(4-10)14-8(5-11)13-2/h3,5-8,10H,4H2,1-2H3/t6?,7-,8-/m1/s1. The molecular weight excluding hydrogens is 192 g/mol. The first-order valence-electron chi connectivity index (χ1n) is 3.96. The zero-order chi connectivity index (χ0) is 11.0. The maximum atomic E-state index is 10.4. The Kier molecular flexibility index (Phi) is 7.13. The summed E-state index contributed by atoms with van der Waals surface area (Å²) in [7, 11) is 2.57. The molecule has 0 amide bonds. The summed E-state index contributed by atoms with van der Waals surface area (Å²) in [5.74, 6) is 0. The molecule has 14 heavy (non-hydrogen) atoms. The number of ether oxygens (including phenoxy) is 3. The normalized spacial score (nSPS) is 17.1. The number of carbonyl (C=O) groups is 2. The molecule has 1 unspecified atom stereocenters. The number of rotatable bonds is 8. The molecule has 0 heterocycles. The molecule has 82 valence electrons. The van der Waals surface area contributed by atoms with Crippen molar-refractivity contribution >= 4 is 12.6 Å². The van der Waals surface area contributed by atoms with E-state index >= 15 is 0 Å². The quantitative estimate of drug-likeness (QED) is 0.394. The second-order valence-electron chi connectivity index (χ2n) is 2.43. The van der Waals surface area contributed by atoms with Crippen LogP contribution in [0.1, 0.15) is 0 Å². The van der Waals surface area contributed by atoms with E-state index in [0.717, 1.165) is 0 Å². The van der Waals surface area contributed by atoms with Gasteiger partial charge >= 0.3 is 0 Å². The van der Waals surface area contributed by atoms with E-state index in [2.05, 4.69) is 4.74 Å². The van der Waals surface area contributed by atoms with Gasteiger partial charge in [-0.1, -0.05) is 0 Å². The van der Waals surface area contributed by atoms with Crippen LogP contribution >= 0.6 is 0 Å².